The van der Waals surface area contributed by atoms with Gasteiger partial charge in [0.05, 0.1) is 39.9 Å². The normalized spacial score (nSPS) is 14.1. The molecule has 3 atom stereocenters. The Morgan fingerprint density at radius 3 is 1.09 bits per heavy atom. The quantitative estimate of drug-likeness (QED) is 0.0272. The van der Waals surface area contributed by atoms with Gasteiger partial charge in [-0.3, -0.25) is 9.36 Å². The first-order valence-electron chi connectivity index (χ1n) is 32.5. The van der Waals surface area contributed by atoms with Crippen LogP contribution in [0.4, 0.5) is 0 Å². The number of amides is 1. The number of likely N-dealkylation sites (N-methyl/N-ethyl adjacent to an activating group) is 1. The third kappa shape index (κ3) is 60.0. The number of allylic oxidation sites excluding steroid dienone is 7. The molecule has 0 bridgehead atoms. The van der Waals surface area contributed by atoms with Crippen LogP contribution in [0.1, 0.15) is 316 Å². The number of nitrogens with zero attached hydrogens (tertiary/aromatic N) is 1. The van der Waals surface area contributed by atoms with E-state index in [4.69, 9.17) is 9.05 Å². The van der Waals surface area contributed by atoms with Gasteiger partial charge >= 0.3 is 0 Å². The summed E-state index contributed by atoms with van der Waals surface area (Å²) in [4.78, 5) is 25.5. The van der Waals surface area contributed by atoms with E-state index in [0.717, 1.165) is 44.9 Å². The minimum atomic E-state index is -4.61. The summed E-state index contributed by atoms with van der Waals surface area (Å²) in [7, 11) is 1.24. The number of aliphatic hydroxyl groups excluding tert-OH is 1. The molecule has 0 rings (SSSR count). The summed E-state index contributed by atoms with van der Waals surface area (Å²) >= 11 is 0. The van der Waals surface area contributed by atoms with Gasteiger partial charge in [-0.2, -0.15) is 0 Å². The SMILES string of the molecule is CCCCCC/C=C/CC/C=C/CC/C=C/C(O)C(COP(=O)([O-])OCC[N+](C)(C)C)NC(=O)CCCCCCCCCCCCCCCCCCC/C=C\CCCCCCCCCCCCCCCCCCCC. The van der Waals surface area contributed by atoms with Crippen molar-refractivity contribution in [2.75, 3.05) is 40.9 Å². The van der Waals surface area contributed by atoms with Gasteiger partial charge < -0.3 is 28.8 Å². The third-order valence-electron chi connectivity index (χ3n) is 14.7. The van der Waals surface area contributed by atoms with Crippen LogP contribution in [0, 0.1) is 0 Å². The molecule has 0 aliphatic rings. The minimum absolute atomic E-state index is 0.00877. The summed E-state index contributed by atoms with van der Waals surface area (Å²) in [6.07, 6.45) is 76.8. The second-order valence-electron chi connectivity index (χ2n) is 23.4. The molecule has 0 aliphatic heterocycles. The van der Waals surface area contributed by atoms with Crippen LogP contribution < -0.4 is 10.2 Å². The summed E-state index contributed by atoms with van der Waals surface area (Å²) in [6.45, 7) is 4.62. The molecule has 2 N–H and O–H groups in total. The molecule has 8 nitrogen and oxygen atoms in total. The minimum Gasteiger partial charge on any atom is -0.756 e. The summed E-state index contributed by atoms with van der Waals surface area (Å²) in [5, 5.41) is 13.8. The van der Waals surface area contributed by atoms with Crippen LogP contribution in [0.5, 0.6) is 0 Å². The van der Waals surface area contributed by atoms with E-state index in [1.807, 2.05) is 27.2 Å². The number of unbranched alkanes of at least 4 members (excludes halogenated alkanes) is 41. The van der Waals surface area contributed by atoms with Gasteiger partial charge in [0.2, 0.25) is 5.91 Å². The monoisotopic (exact) mass is 1070 g/mol. The molecule has 0 heterocycles. The van der Waals surface area contributed by atoms with E-state index in [1.54, 1.807) is 6.08 Å². The van der Waals surface area contributed by atoms with Gasteiger partial charge in [-0.1, -0.05) is 287 Å². The van der Waals surface area contributed by atoms with Crippen LogP contribution in [0.15, 0.2) is 48.6 Å². The Kier molecular flexibility index (Phi) is 56.0. The molecule has 0 aliphatic carbocycles. The molecule has 0 aromatic carbocycles. The smallest absolute Gasteiger partial charge is 0.268 e. The molecule has 1 amide bonds. The van der Waals surface area contributed by atoms with Crippen LogP contribution in [-0.4, -0.2) is 68.5 Å². The number of hydrogen-bond donors (Lipinski definition) is 2. The van der Waals surface area contributed by atoms with Gasteiger partial charge in [-0.15, -0.1) is 0 Å². The lowest BCUT2D eigenvalue weighted by atomic mass is 10.0. The average Bonchev–Trinajstić information content (AvgIpc) is 3.37. The van der Waals surface area contributed by atoms with Crippen LogP contribution in [0.2, 0.25) is 0 Å². The highest BCUT2D eigenvalue weighted by molar-refractivity contribution is 7.45. The first-order chi connectivity index (χ1) is 36.5. The van der Waals surface area contributed by atoms with Gasteiger partial charge in [-0.25, -0.2) is 0 Å². The second kappa shape index (κ2) is 57.2. The van der Waals surface area contributed by atoms with Gasteiger partial charge in [0, 0.05) is 6.42 Å². The lowest BCUT2D eigenvalue weighted by Crippen LogP contribution is -2.45. The van der Waals surface area contributed by atoms with E-state index in [1.165, 1.54) is 250 Å². The van der Waals surface area contributed by atoms with E-state index < -0.39 is 26.6 Å². The van der Waals surface area contributed by atoms with Crippen LogP contribution in [0.25, 0.3) is 0 Å². The van der Waals surface area contributed by atoms with Gasteiger partial charge in [-0.05, 0) is 70.6 Å². The Morgan fingerprint density at radius 2 is 0.747 bits per heavy atom. The van der Waals surface area contributed by atoms with Crippen LogP contribution in [0.3, 0.4) is 0 Å². The van der Waals surface area contributed by atoms with Crippen molar-refractivity contribution in [1.29, 1.82) is 0 Å². The maximum atomic E-state index is 13.0. The molecule has 9 heteroatoms. The first kappa shape index (κ1) is 73.5. The standard InChI is InChI=1S/C66H127N2O6P/c1-6-8-10-12-14-16-18-20-22-23-24-25-26-27-28-29-30-31-32-33-34-35-36-37-38-39-40-41-42-43-44-45-46-48-50-52-54-56-58-60-66(70)67-64(63-74-75(71,72)73-62-61-68(3,4)5)65(69)59-57-55-53-51-49-47-21-19-17-15-13-11-9-7-2/h17,19,33-34,49,51,57,59,64-65,69H,6-16,18,20-32,35-48,50,52-56,58,60-63H2,1-5H3,(H-,67,70,71,72)/b19-17+,34-33-,51-49+,59-57+. The zero-order chi connectivity index (χ0) is 54.9. The molecule has 3 unspecified atom stereocenters. The van der Waals surface area contributed by atoms with Gasteiger partial charge in [0.1, 0.15) is 13.2 Å². The van der Waals surface area contributed by atoms with Crippen molar-refractivity contribution in [2.45, 2.75) is 328 Å². The average molecular weight is 1080 g/mol. The summed E-state index contributed by atoms with van der Waals surface area (Å²) < 4.78 is 23.3. The van der Waals surface area contributed by atoms with Crippen molar-refractivity contribution in [1.82, 2.24) is 5.32 Å². The highest BCUT2D eigenvalue weighted by Gasteiger charge is 2.23. The number of phosphoric acid groups is 1. The lowest BCUT2D eigenvalue weighted by molar-refractivity contribution is -0.870. The summed E-state index contributed by atoms with van der Waals surface area (Å²) in [5.74, 6) is -0.208. The molecule has 0 fully saturated rings. The maximum Gasteiger partial charge on any atom is 0.268 e. The molecule has 442 valence electrons. The highest BCUT2D eigenvalue weighted by atomic mass is 31.2. The number of hydrogen-bond acceptors (Lipinski definition) is 6. The Bertz CT molecular complexity index is 1360. The zero-order valence-corrected chi connectivity index (χ0v) is 51.4. The van der Waals surface area contributed by atoms with Crippen LogP contribution >= 0.6 is 7.82 Å². The fourth-order valence-corrected chi connectivity index (χ4v) is 10.4. The van der Waals surface area contributed by atoms with Crippen molar-refractivity contribution < 1.29 is 32.9 Å². The predicted molar refractivity (Wildman–Crippen MR) is 325 cm³/mol. The number of carbonyl (C=O) groups excluding carboxylic acids is 1. The van der Waals surface area contributed by atoms with Crippen molar-refractivity contribution in [3.63, 3.8) is 0 Å². The highest BCUT2D eigenvalue weighted by Crippen LogP contribution is 2.38. The fraction of sp³-hybridized carbons (Fsp3) is 0.864. The van der Waals surface area contributed by atoms with E-state index in [9.17, 15) is 19.4 Å². The molecule has 0 spiro atoms. The number of aliphatic hydroxyl groups is 1. The Balaban J connectivity index is 3.91. The maximum absolute atomic E-state index is 13.0. The molecule has 0 saturated heterocycles. The number of quaternary nitrogens is 1. The lowest BCUT2D eigenvalue weighted by Gasteiger charge is -2.29. The Hall–Kier alpha value is -1.54. The number of nitrogens with one attached hydrogen (secondary N) is 1. The van der Waals surface area contributed by atoms with Crippen molar-refractivity contribution >= 4 is 13.7 Å². The molecular formula is C66H127N2O6P. The van der Waals surface area contributed by atoms with Gasteiger partial charge in [0.15, 0.2) is 0 Å². The van der Waals surface area contributed by atoms with Crippen molar-refractivity contribution in [3.05, 3.63) is 48.6 Å². The van der Waals surface area contributed by atoms with Crippen LogP contribution in [-0.2, 0) is 18.4 Å². The molecule has 0 aromatic rings. The number of carbonyl (C=O) groups is 1. The summed E-state index contributed by atoms with van der Waals surface area (Å²) in [5.41, 5.74) is 0. The van der Waals surface area contributed by atoms with Gasteiger partial charge in [0.25, 0.3) is 7.82 Å². The number of phosphoric ester groups is 1. The molecule has 0 aromatic heterocycles. The predicted octanol–water partition coefficient (Wildman–Crippen LogP) is 19.6. The number of rotatable bonds is 60. The largest absolute Gasteiger partial charge is 0.756 e. The topological polar surface area (TPSA) is 108 Å². The third-order valence-corrected chi connectivity index (χ3v) is 15.7. The van der Waals surface area contributed by atoms with E-state index in [-0.39, 0.29) is 12.5 Å². The van der Waals surface area contributed by atoms with E-state index in [0.29, 0.717) is 17.4 Å². The molecule has 75 heavy (non-hydrogen) atoms. The van der Waals surface area contributed by atoms with Crippen molar-refractivity contribution in [2.24, 2.45) is 0 Å². The molecule has 0 radical (unpaired) electrons. The Labute approximate surface area is 467 Å². The zero-order valence-electron chi connectivity index (χ0n) is 50.5. The van der Waals surface area contributed by atoms with E-state index in [2.05, 4.69) is 55.6 Å². The molecule has 0 saturated carbocycles. The fourth-order valence-electron chi connectivity index (χ4n) is 9.65. The van der Waals surface area contributed by atoms with Crippen molar-refractivity contribution in [3.8, 4) is 0 Å². The first-order valence-corrected chi connectivity index (χ1v) is 34.0. The Morgan fingerprint density at radius 1 is 0.453 bits per heavy atom. The summed E-state index contributed by atoms with van der Waals surface area (Å²) in [6, 6.07) is -0.909. The second-order valence-corrected chi connectivity index (χ2v) is 24.9. The van der Waals surface area contributed by atoms with E-state index >= 15 is 0 Å². The molecular weight excluding hydrogens is 948 g/mol.